The van der Waals surface area contributed by atoms with Gasteiger partial charge in [-0.15, -0.1) is 0 Å². The van der Waals surface area contributed by atoms with E-state index >= 15 is 0 Å². The molecule has 0 fully saturated rings. The summed E-state index contributed by atoms with van der Waals surface area (Å²) in [4.78, 5) is 23.0. The molecule has 178 valence electrons. The monoisotopic (exact) mass is 491 g/mol. The van der Waals surface area contributed by atoms with E-state index in [1.807, 2.05) is 44.2 Å². The molecule has 0 aliphatic rings. The van der Waals surface area contributed by atoms with Crippen molar-refractivity contribution in [2.75, 3.05) is 11.9 Å². The van der Waals surface area contributed by atoms with E-state index in [4.69, 9.17) is 21.1 Å². The van der Waals surface area contributed by atoms with Gasteiger partial charge >= 0.3 is 0 Å². The van der Waals surface area contributed by atoms with E-state index in [2.05, 4.69) is 5.32 Å². The van der Waals surface area contributed by atoms with Gasteiger partial charge in [0.15, 0.2) is 11.5 Å². The molecule has 0 radical (unpaired) electrons. The average molecular weight is 492 g/mol. The second-order valence-corrected chi connectivity index (χ2v) is 7.88. The van der Waals surface area contributed by atoms with Crippen LogP contribution in [0.5, 0.6) is 11.5 Å². The molecule has 3 rings (SSSR count). The lowest BCUT2D eigenvalue weighted by molar-refractivity contribution is -0.384. The number of benzene rings is 3. The van der Waals surface area contributed by atoms with Gasteiger partial charge in [0.25, 0.3) is 11.6 Å². The summed E-state index contributed by atoms with van der Waals surface area (Å²) in [5.41, 5.74) is 2.34. The molecule has 8 nitrogen and oxygen atoms in total. The highest BCUT2D eigenvalue weighted by molar-refractivity contribution is 6.32. The van der Waals surface area contributed by atoms with Gasteiger partial charge in [-0.25, -0.2) is 0 Å². The Kier molecular flexibility index (Phi) is 8.43. The number of ether oxygens (including phenoxy) is 2. The fourth-order valence-corrected chi connectivity index (χ4v) is 3.40. The zero-order valence-electron chi connectivity index (χ0n) is 19.1. The number of non-ortho nitro benzene ring substituents is 1. The Morgan fingerprint density at radius 3 is 2.57 bits per heavy atom. The number of anilines is 1. The van der Waals surface area contributed by atoms with E-state index in [0.29, 0.717) is 23.7 Å². The number of nitrogens with one attached hydrogen (secondary N) is 1. The number of nitriles is 1. The summed E-state index contributed by atoms with van der Waals surface area (Å²) in [7, 11) is 0. The predicted molar refractivity (Wildman–Crippen MR) is 133 cm³/mol. The largest absolute Gasteiger partial charge is 0.490 e. The Bertz CT molecular complexity index is 1310. The Morgan fingerprint density at radius 2 is 1.91 bits per heavy atom. The third kappa shape index (κ3) is 6.82. The third-order valence-electron chi connectivity index (χ3n) is 4.83. The maximum atomic E-state index is 12.6. The first-order valence-electron chi connectivity index (χ1n) is 10.6. The molecule has 0 bridgehead atoms. The van der Waals surface area contributed by atoms with Crippen LogP contribution in [0.15, 0.2) is 66.2 Å². The highest BCUT2D eigenvalue weighted by atomic mass is 35.5. The quantitative estimate of drug-likeness (QED) is 0.168. The van der Waals surface area contributed by atoms with Gasteiger partial charge < -0.3 is 14.8 Å². The number of nitro groups is 1. The lowest BCUT2D eigenvalue weighted by Gasteiger charge is -2.15. The molecule has 0 atom stereocenters. The second-order valence-electron chi connectivity index (χ2n) is 7.47. The SMILES string of the molecule is CCOc1cc(/C=C(\C#N)C(=O)Nc2cccc([N+](=O)[O-])c2)cc(Cl)c1OCc1ccc(C)cc1. The Hall–Kier alpha value is -4.35. The second kappa shape index (κ2) is 11.7. The van der Waals surface area contributed by atoms with Crippen molar-refractivity contribution in [3.8, 4) is 17.6 Å². The van der Waals surface area contributed by atoms with Crippen molar-refractivity contribution in [3.05, 3.63) is 98.1 Å². The molecule has 0 saturated heterocycles. The molecule has 0 aliphatic carbocycles. The Labute approximate surface area is 207 Å². The van der Waals surface area contributed by atoms with E-state index in [0.717, 1.165) is 11.1 Å². The topological polar surface area (TPSA) is 114 Å². The standard InChI is InChI=1S/C26H22ClN3O5/c1-3-34-24-13-19(12-23(27)25(24)35-16-18-9-7-17(2)8-10-18)11-20(15-28)26(31)29-21-5-4-6-22(14-21)30(32)33/h4-14H,3,16H2,1-2H3,(H,29,31)/b20-11+. The number of halogens is 1. The molecule has 0 spiro atoms. The summed E-state index contributed by atoms with van der Waals surface area (Å²) in [6.45, 7) is 4.45. The van der Waals surface area contributed by atoms with Crippen molar-refractivity contribution in [2.24, 2.45) is 0 Å². The molecule has 0 unspecified atom stereocenters. The van der Waals surface area contributed by atoms with Crippen LogP contribution in [0.25, 0.3) is 6.08 Å². The van der Waals surface area contributed by atoms with Gasteiger partial charge in [0.2, 0.25) is 0 Å². The smallest absolute Gasteiger partial charge is 0.271 e. The average Bonchev–Trinajstić information content (AvgIpc) is 2.83. The number of nitro benzene ring substituents is 1. The van der Waals surface area contributed by atoms with Crippen molar-refractivity contribution < 1.29 is 19.2 Å². The van der Waals surface area contributed by atoms with Crippen molar-refractivity contribution in [3.63, 3.8) is 0 Å². The van der Waals surface area contributed by atoms with Crippen molar-refractivity contribution in [1.29, 1.82) is 5.26 Å². The minimum atomic E-state index is -0.721. The van der Waals surface area contributed by atoms with Gasteiger partial charge in [-0.3, -0.25) is 14.9 Å². The lowest BCUT2D eigenvalue weighted by atomic mass is 10.1. The van der Waals surface area contributed by atoms with Gasteiger partial charge in [0.1, 0.15) is 18.2 Å². The minimum Gasteiger partial charge on any atom is -0.490 e. The summed E-state index contributed by atoms with van der Waals surface area (Å²) in [5.74, 6) is 0.00215. The minimum absolute atomic E-state index is 0.181. The van der Waals surface area contributed by atoms with Crippen molar-refractivity contribution in [1.82, 2.24) is 0 Å². The number of amides is 1. The number of rotatable bonds is 9. The van der Waals surface area contributed by atoms with Crippen molar-refractivity contribution >= 4 is 35.0 Å². The first-order valence-corrected chi connectivity index (χ1v) is 11.0. The fraction of sp³-hybridized carbons (Fsp3) is 0.154. The normalized spacial score (nSPS) is 10.9. The van der Waals surface area contributed by atoms with Gasteiger partial charge in [-0.05, 0) is 49.2 Å². The molecular weight excluding hydrogens is 470 g/mol. The first kappa shape index (κ1) is 25.3. The zero-order valence-corrected chi connectivity index (χ0v) is 19.8. The summed E-state index contributed by atoms with van der Waals surface area (Å²) in [6.07, 6.45) is 1.35. The van der Waals surface area contributed by atoms with Gasteiger partial charge in [0.05, 0.1) is 16.6 Å². The number of hydrogen-bond acceptors (Lipinski definition) is 6. The van der Waals surface area contributed by atoms with Crippen LogP contribution < -0.4 is 14.8 Å². The van der Waals surface area contributed by atoms with E-state index in [-0.39, 0.29) is 28.6 Å². The van der Waals surface area contributed by atoms with Crippen LogP contribution >= 0.6 is 11.6 Å². The van der Waals surface area contributed by atoms with Crippen LogP contribution in [-0.2, 0) is 11.4 Å². The van der Waals surface area contributed by atoms with E-state index < -0.39 is 10.8 Å². The summed E-state index contributed by atoms with van der Waals surface area (Å²) >= 11 is 6.46. The molecule has 0 aromatic heterocycles. The van der Waals surface area contributed by atoms with E-state index in [1.54, 1.807) is 12.1 Å². The van der Waals surface area contributed by atoms with Crippen LogP contribution in [0.1, 0.15) is 23.6 Å². The summed E-state index contributed by atoms with van der Waals surface area (Å²) in [5, 5.41) is 23.2. The molecule has 3 aromatic rings. The molecule has 3 aromatic carbocycles. The zero-order chi connectivity index (χ0) is 25.4. The number of carbonyl (C=O) groups is 1. The van der Waals surface area contributed by atoms with Crippen LogP contribution in [-0.4, -0.2) is 17.4 Å². The molecule has 0 aliphatic heterocycles. The van der Waals surface area contributed by atoms with Crippen LogP contribution in [0.3, 0.4) is 0 Å². The number of hydrogen-bond donors (Lipinski definition) is 1. The number of aryl methyl sites for hydroxylation is 1. The Morgan fingerprint density at radius 1 is 1.17 bits per heavy atom. The highest BCUT2D eigenvalue weighted by Gasteiger charge is 2.16. The van der Waals surface area contributed by atoms with E-state index in [9.17, 15) is 20.2 Å². The number of nitrogens with zero attached hydrogens (tertiary/aromatic N) is 2. The van der Waals surface area contributed by atoms with E-state index in [1.165, 1.54) is 30.3 Å². The molecular formula is C26H22ClN3O5. The first-order chi connectivity index (χ1) is 16.8. The summed E-state index contributed by atoms with van der Waals surface area (Å²) < 4.78 is 11.6. The van der Waals surface area contributed by atoms with Gasteiger partial charge in [-0.2, -0.15) is 5.26 Å². The molecule has 1 amide bonds. The van der Waals surface area contributed by atoms with Crippen LogP contribution in [0.2, 0.25) is 5.02 Å². The highest BCUT2D eigenvalue weighted by Crippen LogP contribution is 2.38. The fourth-order valence-electron chi connectivity index (χ4n) is 3.13. The maximum Gasteiger partial charge on any atom is 0.271 e. The molecule has 35 heavy (non-hydrogen) atoms. The van der Waals surface area contributed by atoms with Crippen molar-refractivity contribution in [2.45, 2.75) is 20.5 Å². The van der Waals surface area contributed by atoms with Crippen LogP contribution in [0.4, 0.5) is 11.4 Å². The lowest BCUT2D eigenvalue weighted by Crippen LogP contribution is -2.13. The molecule has 0 saturated carbocycles. The maximum absolute atomic E-state index is 12.6. The summed E-state index contributed by atoms with van der Waals surface area (Å²) in [6, 6.07) is 18.4. The molecule has 0 heterocycles. The molecule has 1 N–H and O–H groups in total. The van der Waals surface area contributed by atoms with Gasteiger partial charge in [-0.1, -0.05) is 47.5 Å². The third-order valence-corrected chi connectivity index (χ3v) is 5.11. The molecule has 9 heteroatoms. The number of carbonyl (C=O) groups excluding carboxylic acids is 1. The van der Waals surface area contributed by atoms with Gasteiger partial charge in [0, 0.05) is 17.8 Å². The predicted octanol–water partition coefficient (Wildman–Crippen LogP) is 6.08. The Balaban J connectivity index is 1.84. The van der Waals surface area contributed by atoms with Crippen LogP contribution in [0, 0.1) is 28.4 Å².